The summed E-state index contributed by atoms with van der Waals surface area (Å²) >= 11 is 0. The summed E-state index contributed by atoms with van der Waals surface area (Å²) < 4.78 is 27.8. The zero-order valence-electron chi connectivity index (χ0n) is 16.1. The second kappa shape index (κ2) is 8.89. The Labute approximate surface area is 174 Å². The van der Waals surface area contributed by atoms with Crippen LogP contribution in [0.3, 0.4) is 0 Å². The number of esters is 1. The summed E-state index contributed by atoms with van der Waals surface area (Å²) in [6.45, 7) is 1.45. The Hall–Kier alpha value is -3.49. The van der Waals surface area contributed by atoms with Crippen molar-refractivity contribution in [1.82, 2.24) is 0 Å². The van der Waals surface area contributed by atoms with Gasteiger partial charge in [-0.2, -0.15) is 0 Å². The molecular weight excluding hydrogens is 404 g/mol. The Bertz CT molecular complexity index is 1140. The predicted octanol–water partition coefficient (Wildman–Crippen LogP) is 3.18. The van der Waals surface area contributed by atoms with Gasteiger partial charge in [0, 0.05) is 5.69 Å². The van der Waals surface area contributed by atoms with Gasteiger partial charge in [0.05, 0.1) is 10.5 Å². The first kappa shape index (κ1) is 21.2. The minimum Gasteiger partial charge on any atom is -0.449 e. The summed E-state index contributed by atoms with van der Waals surface area (Å²) in [5, 5.41) is 7.59. The molecule has 0 aliphatic carbocycles. The fourth-order valence-corrected chi connectivity index (χ4v) is 3.20. The van der Waals surface area contributed by atoms with E-state index in [0.29, 0.717) is 11.3 Å². The van der Waals surface area contributed by atoms with Gasteiger partial charge in [0.25, 0.3) is 5.91 Å². The van der Waals surface area contributed by atoms with Crippen LogP contribution in [0.1, 0.15) is 17.3 Å². The summed E-state index contributed by atoms with van der Waals surface area (Å²) in [7, 11) is -3.81. The van der Waals surface area contributed by atoms with E-state index in [1.807, 2.05) is 42.5 Å². The molecule has 0 fully saturated rings. The Morgan fingerprint density at radius 1 is 0.867 bits per heavy atom. The molecule has 1 unspecified atom stereocenters. The minimum absolute atomic E-state index is 0.0704. The van der Waals surface area contributed by atoms with Gasteiger partial charge in [0.1, 0.15) is 0 Å². The van der Waals surface area contributed by atoms with Gasteiger partial charge >= 0.3 is 5.97 Å². The SMILES string of the molecule is CC(OC(=O)c1ccc(-c2ccccc2)cc1)C(=O)Nc1ccc(S(N)(=O)=O)cc1. The average Bonchev–Trinajstić information content (AvgIpc) is 2.74. The van der Waals surface area contributed by atoms with E-state index in [4.69, 9.17) is 9.88 Å². The molecule has 3 N–H and O–H groups in total. The van der Waals surface area contributed by atoms with Gasteiger partial charge in [-0.05, 0) is 54.4 Å². The van der Waals surface area contributed by atoms with E-state index in [0.717, 1.165) is 11.1 Å². The van der Waals surface area contributed by atoms with Crippen molar-refractivity contribution < 1.29 is 22.7 Å². The molecule has 0 saturated heterocycles. The number of ether oxygens (including phenoxy) is 1. The second-order valence-electron chi connectivity index (χ2n) is 6.55. The first-order valence-electron chi connectivity index (χ1n) is 9.04. The highest BCUT2D eigenvalue weighted by molar-refractivity contribution is 7.89. The van der Waals surface area contributed by atoms with Crippen molar-refractivity contribution in [3.8, 4) is 11.1 Å². The summed E-state index contributed by atoms with van der Waals surface area (Å²) in [5.41, 5.74) is 2.66. The third-order valence-corrected chi connectivity index (χ3v) is 5.26. The van der Waals surface area contributed by atoms with Crippen molar-refractivity contribution in [1.29, 1.82) is 0 Å². The number of nitrogens with two attached hydrogens (primary N) is 1. The third kappa shape index (κ3) is 5.31. The number of amides is 1. The molecule has 0 bridgehead atoms. The van der Waals surface area contributed by atoms with Crippen molar-refractivity contribution in [3.63, 3.8) is 0 Å². The highest BCUT2D eigenvalue weighted by atomic mass is 32.2. The van der Waals surface area contributed by atoms with E-state index in [1.54, 1.807) is 12.1 Å². The summed E-state index contributed by atoms with van der Waals surface area (Å²) in [4.78, 5) is 24.5. The molecule has 0 radical (unpaired) electrons. The number of carbonyl (C=O) groups excluding carboxylic acids is 2. The molecule has 0 aromatic heterocycles. The van der Waals surface area contributed by atoms with Crippen LogP contribution >= 0.6 is 0 Å². The molecule has 0 spiro atoms. The quantitative estimate of drug-likeness (QED) is 0.590. The zero-order valence-corrected chi connectivity index (χ0v) is 16.9. The van der Waals surface area contributed by atoms with Crippen molar-refractivity contribution in [2.75, 3.05) is 5.32 Å². The van der Waals surface area contributed by atoms with E-state index in [9.17, 15) is 18.0 Å². The van der Waals surface area contributed by atoms with E-state index < -0.39 is 28.0 Å². The van der Waals surface area contributed by atoms with Gasteiger partial charge in [-0.3, -0.25) is 4.79 Å². The first-order valence-corrected chi connectivity index (χ1v) is 10.6. The minimum atomic E-state index is -3.81. The summed E-state index contributed by atoms with van der Waals surface area (Å²) in [6.07, 6.45) is -1.05. The molecule has 0 saturated carbocycles. The highest BCUT2D eigenvalue weighted by Gasteiger charge is 2.19. The Kier molecular flexibility index (Phi) is 6.29. The van der Waals surface area contributed by atoms with Crippen LogP contribution < -0.4 is 10.5 Å². The van der Waals surface area contributed by atoms with Gasteiger partial charge in [0.15, 0.2) is 6.10 Å². The molecule has 8 heteroatoms. The molecule has 30 heavy (non-hydrogen) atoms. The second-order valence-corrected chi connectivity index (χ2v) is 8.11. The van der Waals surface area contributed by atoms with E-state index >= 15 is 0 Å². The Balaban J connectivity index is 1.60. The fraction of sp³-hybridized carbons (Fsp3) is 0.0909. The molecule has 7 nitrogen and oxygen atoms in total. The van der Waals surface area contributed by atoms with Gasteiger partial charge in [-0.15, -0.1) is 0 Å². The van der Waals surface area contributed by atoms with Crippen LogP contribution in [0.4, 0.5) is 5.69 Å². The first-order chi connectivity index (χ1) is 14.2. The summed E-state index contributed by atoms with van der Waals surface area (Å²) in [5.74, 6) is -1.17. The molecule has 1 atom stereocenters. The standard InChI is InChI=1S/C22H20N2O5S/c1-15(21(25)24-19-11-13-20(14-12-19)30(23,27)28)29-22(26)18-9-7-17(8-10-18)16-5-3-2-4-6-16/h2-15H,1H3,(H,24,25)(H2,23,27,28). The fourth-order valence-electron chi connectivity index (χ4n) is 2.68. The van der Waals surface area contributed by atoms with Crippen LogP contribution in [0.2, 0.25) is 0 Å². The number of primary sulfonamides is 1. The molecule has 0 heterocycles. The number of hydrogen-bond donors (Lipinski definition) is 2. The third-order valence-electron chi connectivity index (χ3n) is 4.33. The molecule has 154 valence electrons. The van der Waals surface area contributed by atoms with Crippen molar-refractivity contribution in [2.24, 2.45) is 5.14 Å². The Morgan fingerprint density at radius 2 is 1.43 bits per heavy atom. The maximum atomic E-state index is 12.3. The largest absolute Gasteiger partial charge is 0.449 e. The lowest BCUT2D eigenvalue weighted by Crippen LogP contribution is -2.30. The van der Waals surface area contributed by atoms with E-state index in [1.165, 1.54) is 31.2 Å². The smallest absolute Gasteiger partial charge is 0.338 e. The maximum absolute atomic E-state index is 12.3. The molecule has 0 aliphatic heterocycles. The molecule has 3 rings (SSSR count). The topological polar surface area (TPSA) is 116 Å². The number of benzene rings is 3. The summed E-state index contributed by atoms with van der Waals surface area (Å²) in [6, 6.07) is 22.0. The number of nitrogens with one attached hydrogen (secondary N) is 1. The lowest BCUT2D eigenvalue weighted by molar-refractivity contribution is -0.123. The van der Waals surface area contributed by atoms with Gasteiger partial charge in [0.2, 0.25) is 10.0 Å². The van der Waals surface area contributed by atoms with E-state index in [-0.39, 0.29) is 4.90 Å². The van der Waals surface area contributed by atoms with Crippen LogP contribution in [-0.4, -0.2) is 26.4 Å². The maximum Gasteiger partial charge on any atom is 0.338 e. The number of anilines is 1. The predicted molar refractivity (Wildman–Crippen MR) is 113 cm³/mol. The molecule has 3 aromatic carbocycles. The van der Waals surface area contributed by atoms with Gasteiger partial charge in [-0.25, -0.2) is 18.4 Å². The highest BCUT2D eigenvalue weighted by Crippen LogP contribution is 2.20. The van der Waals surface area contributed by atoms with Crippen LogP contribution in [0.25, 0.3) is 11.1 Å². The lowest BCUT2D eigenvalue weighted by atomic mass is 10.0. The molecule has 1 amide bonds. The molecule has 3 aromatic rings. The number of carbonyl (C=O) groups is 2. The van der Waals surface area contributed by atoms with Crippen LogP contribution in [-0.2, 0) is 19.6 Å². The number of sulfonamides is 1. The number of rotatable bonds is 6. The lowest BCUT2D eigenvalue weighted by Gasteiger charge is -2.14. The van der Waals surface area contributed by atoms with Crippen molar-refractivity contribution >= 4 is 27.6 Å². The van der Waals surface area contributed by atoms with Crippen LogP contribution in [0, 0.1) is 0 Å². The van der Waals surface area contributed by atoms with Crippen molar-refractivity contribution in [3.05, 3.63) is 84.4 Å². The van der Waals surface area contributed by atoms with Crippen LogP contribution in [0.5, 0.6) is 0 Å². The monoisotopic (exact) mass is 424 g/mol. The average molecular weight is 424 g/mol. The van der Waals surface area contributed by atoms with E-state index in [2.05, 4.69) is 5.32 Å². The zero-order chi connectivity index (χ0) is 21.7. The molecule has 0 aliphatic rings. The van der Waals surface area contributed by atoms with Crippen molar-refractivity contribution in [2.45, 2.75) is 17.9 Å². The molecular formula is C22H20N2O5S. The van der Waals surface area contributed by atoms with Gasteiger partial charge in [-0.1, -0.05) is 42.5 Å². The number of hydrogen-bond acceptors (Lipinski definition) is 5. The van der Waals surface area contributed by atoms with Crippen LogP contribution in [0.15, 0.2) is 83.8 Å². The van der Waals surface area contributed by atoms with Gasteiger partial charge < -0.3 is 10.1 Å². The Morgan fingerprint density at radius 3 is 2.00 bits per heavy atom. The normalized spacial score (nSPS) is 12.1.